The van der Waals surface area contributed by atoms with Gasteiger partial charge in [-0.3, -0.25) is 4.79 Å². The highest BCUT2D eigenvalue weighted by Crippen LogP contribution is 2.20. The minimum absolute atomic E-state index is 0.0918. The summed E-state index contributed by atoms with van der Waals surface area (Å²) in [6.07, 6.45) is 0.207. The summed E-state index contributed by atoms with van der Waals surface area (Å²) in [4.78, 5) is 11.6. The van der Waals surface area contributed by atoms with Crippen LogP contribution in [-0.4, -0.2) is 31.3 Å². The fourth-order valence-electron chi connectivity index (χ4n) is 1.77. The van der Waals surface area contributed by atoms with E-state index in [-0.39, 0.29) is 12.3 Å². The van der Waals surface area contributed by atoms with E-state index in [4.69, 9.17) is 9.26 Å². The Balaban J connectivity index is 1.95. The molecule has 0 saturated heterocycles. The number of methoxy groups -OCH3 is 1. The lowest BCUT2D eigenvalue weighted by Gasteiger charge is -2.01. The number of ether oxygens (including phenoxy) is 1. The number of nitrogens with one attached hydrogen (secondary N) is 1. The highest BCUT2D eigenvalue weighted by Gasteiger charge is 2.10. The van der Waals surface area contributed by atoms with E-state index in [0.717, 1.165) is 5.56 Å². The van der Waals surface area contributed by atoms with E-state index in [2.05, 4.69) is 10.5 Å². The van der Waals surface area contributed by atoms with E-state index in [1.165, 1.54) is 5.56 Å². The molecule has 0 atom stereocenters. The maximum Gasteiger partial charge on any atom is 0.226 e. The average Bonchev–Trinajstić information content (AvgIpc) is 2.88. The smallest absolute Gasteiger partial charge is 0.226 e. The van der Waals surface area contributed by atoms with E-state index in [0.29, 0.717) is 24.6 Å². The number of carbonyl (C=O) groups excluding carboxylic acids is 1. The maximum absolute atomic E-state index is 11.6. The molecule has 0 aliphatic carbocycles. The van der Waals surface area contributed by atoms with E-state index in [1.807, 2.05) is 31.2 Å². The standard InChI is InChI=1S/C15H18N2O3/c1-11-3-5-12(6-4-11)14-9-13(17-20-14)10-15(18)16-7-8-19-2/h3-6,9H,7-8,10H2,1-2H3,(H,16,18). The summed E-state index contributed by atoms with van der Waals surface area (Å²) >= 11 is 0. The molecule has 1 N–H and O–H groups in total. The molecule has 0 bridgehead atoms. The van der Waals surface area contributed by atoms with Crippen LogP contribution in [0.5, 0.6) is 0 Å². The third-order valence-electron chi connectivity index (χ3n) is 2.87. The summed E-state index contributed by atoms with van der Waals surface area (Å²) in [6, 6.07) is 9.75. The molecule has 0 spiro atoms. The van der Waals surface area contributed by atoms with Crippen molar-refractivity contribution in [1.82, 2.24) is 10.5 Å². The highest BCUT2D eigenvalue weighted by atomic mass is 16.5. The molecule has 0 fully saturated rings. The Labute approximate surface area is 117 Å². The van der Waals surface area contributed by atoms with Crippen molar-refractivity contribution in [3.05, 3.63) is 41.6 Å². The summed E-state index contributed by atoms with van der Waals surface area (Å²) < 4.78 is 10.1. The van der Waals surface area contributed by atoms with Gasteiger partial charge in [0.1, 0.15) is 0 Å². The van der Waals surface area contributed by atoms with E-state index < -0.39 is 0 Å². The molecule has 5 nitrogen and oxygen atoms in total. The number of aromatic nitrogens is 1. The Morgan fingerprint density at radius 1 is 1.35 bits per heavy atom. The van der Waals surface area contributed by atoms with Crippen LogP contribution >= 0.6 is 0 Å². The first-order chi connectivity index (χ1) is 9.69. The Morgan fingerprint density at radius 2 is 2.10 bits per heavy atom. The Morgan fingerprint density at radius 3 is 2.80 bits per heavy atom. The van der Waals surface area contributed by atoms with Gasteiger partial charge in [0.15, 0.2) is 5.76 Å². The average molecular weight is 274 g/mol. The minimum atomic E-state index is -0.0918. The summed E-state index contributed by atoms with van der Waals surface area (Å²) in [5, 5.41) is 6.66. The molecule has 2 rings (SSSR count). The Kier molecular flexibility index (Phi) is 4.90. The van der Waals surface area contributed by atoms with Gasteiger partial charge < -0.3 is 14.6 Å². The van der Waals surface area contributed by atoms with Crippen molar-refractivity contribution in [2.24, 2.45) is 0 Å². The third-order valence-corrected chi connectivity index (χ3v) is 2.87. The molecule has 106 valence electrons. The normalized spacial score (nSPS) is 10.5. The molecule has 20 heavy (non-hydrogen) atoms. The van der Waals surface area contributed by atoms with Crippen LogP contribution in [0, 0.1) is 6.92 Å². The molecular weight excluding hydrogens is 256 g/mol. The van der Waals surface area contributed by atoms with Crippen molar-refractivity contribution < 1.29 is 14.1 Å². The van der Waals surface area contributed by atoms with Crippen LogP contribution in [-0.2, 0) is 16.0 Å². The first-order valence-corrected chi connectivity index (χ1v) is 6.47. The van der Waals surface area contributed by atoms with Crippen molar-refractivity contribution in [3.63, 3.8) is 0 Å². The predicted octanol–water partition coefficient (Wildman–Crippen LogP) is 1.96. The summed E-state index contributed by atoms with van der Waals surface area (Å²) in [7, 11) is 1.59. The van der Waals surface area contributed by atoms with Gasteiger partial charge in [-0.15, -0.1) is 0 Å². The van der Waals surface area contributed by atoms with Crippen LogP contribution < -0.4 is 5.32 Å². The fourth-order valence-corrected chi connectivity index (χ4v) is 1.77. The number of hydrogen-bond donors (Lipinski definition) is 1. The number of rotatable bonds is 6. The number of benzene rings is 1. The van der Waals surface area contributed by atoms with Gasteiger partial charge in [0.05, 0.1) is 18.7 Å². The Hall–Kier alpha value is -2.14. The predicted molar refractivity (Wildman–Crippen MR) is 75.3 cm³/mol. The van der Waals surface area contributed by atoms with Crippen LogP contribution in [0.25, 0.3) is 11.3 Å². The SMILES string of the molecule is COCCNC(=O)Cc1cc(-c2ccc(C)cc2)on1. The van der Waals surface area contributed by atoms with Gasteiger partial charge >= 0.3 is 0 Å². The molecule has 1 amide bonds. The van der Waals surface area contributed by atoms with Crippen molar-refractivity contribution in [3.8, 4) is 11.3 Å². The quantitative estimate of drug-likeness (QED) is 0.818. The molecule has 0 aliphatic rings. The van der Waals surface area contributed by atoms with E-state index in [9.17, 15) is 4.79 Å². The van der Waals surface area contributed by atoms with Gasteiger partial charge in [0.2, 0.25) is 5.91 Å². The largest absolute Gasteiger partial charge is 0.383 e. The first-order valence-electron chi connectivity index (χ1n) is 6.47. The third kappa shape index (κ3) is 3.93. The van der Waals surface area contributed by atoms with Crippen LogP contribution in [0.2, 0.25) is 0 Å². The van der Waals surface area contributed by atoms with Crippen LogP contribution in [0.1, 0.15) is 11.3 Å². The summed E-state index contributed by atoms with van der Waals surface area (Å²) in [5.74, 6) is 0.579. The van der Waals surface area contributed by atoms with Crippen molar-refractivity contribution in [2.75, 3.05) is 20.3 Å². The van der Waals surface area contributed by atoms with E-state index in [1.54, 1.807) is 13.2 Å². The molecule has 2 aromatic rings. The topological polar surface area (TPSA) is 64.4 Å². The molecule has 0 unspecified atom stereocenters. The Bertz CT molecular complexity index is 561. The second kappa shape index (κ2) is 6.86. The van der Waals surface area contributed by atoms with Crippen LogP contribution in [0.3, 0.4) is 0 Å². The maximum atomic E-state index is 11.6. The second-order valence-corrected chi connectivity index (χ2v) is 4.57. The zero-order valence-electron chi connectivity index (χ0n) is 11.7. The molecule has 1 aromatic heterocycles. The van der Waals surface area contributed by atoms with Gasteiger partial charge in [0.25, 0.3) is 0 Å². The van der Waals surface area contributed by atoms with E-state index >= 15 is 0 Å². The lowest BCUT2D eigenvalue weighted by molar-refractivity contribution is -0.120. The number of carbonyl (C=O) groups is 1. The van der Waals surface area contributed by atoms with Crippen molar-refractivity contribution >= 4 is 5.91 Å². The molecule has 0 saturated carbocycles. The number of hydrogen-bond acceptors (Lipinski definition) is 4. The molecule has 0 radical (unpaired) electrons. The second-order valence-electron chi connectivity index (χ2n) is 4.57. The molecule has 0 aliphatic heterocycles. The van der Waals surface area contributed by atoms with Gasteiger partial charge in [-0.1, -0.05) is 35.0 Å². The molecular formula is C15H18N2O3. The summed E-state index contributed by atoms with van der Waals surface area (Å²) in [5.41, 5.74) is 2.76. The molecule has 1 heterocycles. The number of amides is 1. The lowest BCUT2D eigenvalue weighted by atomic mass is 10.1. The van der Waals surface area contributed by atoms with Crippen LogP contribution in [0.4, 0.5) is 0 Å². The minimum Gasteiger partial charge on any atom is -0.383 e. The monoisotopic (exact) mass is 274 g/mol. The molecule has 1 aromatic carbocycles. The van der Waals surface area contributed by atoms with Crippen LogP contribution in [0.15, 0.2) is 34.9 Å². The van der Waals surface area contributed by atoms with Gasteiger partial charge in [-0.05, 0) is 6.92 Å². The number of aryl methyl sites for hydroxylation is 1. The lowest BCUT2D eigenvalue weighted by Crippen LogP contribution is -2.28. The zero-order valence-corrected chi connectivity index (χ0v) is 11.7. The first kappa shape index (κ1) is 14.3. The van der Waals surface area contributed by atoms with Gasteiger partial charge in [-0.2, -0.15) is 0 Å². The number of nitrogens with zero attached hydrogens (tertiary/aromatic N) is 1. The van der Waals surface area contributed by atoms with Crippen molar-refractivity contribution in [1.29, 1.82) is 0 Å². The van der Waals surface area contributed by atoms with Crippen molar-refractivity contribution in [2.45, 2.75) is 13.3 Å². The zero-order chi connectivity index (χ0) is 14.4. The van der Waals surface area contributed by atoms with Gasteiger partial charge in [0, 0.05) is 25.3 Å². The van der Waals surface area contributed by atoms with Gasteiger partial charge in [-0.25, -0.2) is 0 Å². The summed E-state index contributed by atoms with van der Waals surface area (Å²) in [6.45, 7) is 3.02. The molecule has 5 heteroatoms. The highest BCUT2D eigenvalue weighted by molar-refractivity contribution is 5.78. The fraction of sp³-hybridized carbons (Fsp3) is 0.333.